The standard InChI is InChI=1S/C42H26N4/c1-3-13-27(14-4-1)41-31-19-9-11-21-34(31)43-42(44-41)46-37-24-23-36-39(40(37)33-25-28-15-7-8-16-29(28)26-38(33)46)32-20-10-12-22-35(32)45(36)30-17-5-2-6-18-30/h1-26H. The van der Waals surface area contributed by atoms with E-state index in [2.05, 4.69) is 161 Å². The molecule has 0 radical (unpaired) electrons. The van der Waals surface area contributed by atoms with Crippen molar-refractivity contribution >= 4 is 65.3 Å². The Labute approximate surface area is 264 Å². The molecule has 4 heteroatoms. The number of hydrogen-bond acceptors (Lipinski definition) is 2. The number of nitrogens with zero attached hydrogens (tertiary/aromatic N) is 4. The summed E-state index contributed by atoms with van der Waals surface area (Å²) in [5, 5.41) is 8.30. The number of rotatable bonds is 3. The van der Waals surface area contributed by atoms with Crippen molar-refractivity contribution < 1.29 is 0 Å². The molecule has 3 heterocycles. The predicted molar refractivity (Wildman–Crippen MR) is 191 cm³/mol. The average molecular weight is 587 g/mol. The molecule has 10 rings (SSSR count). The van der Waals surface area contributed by atoms with Crippen molar-refractivity contribution in [2.24, 2.45) is 0 Å². The highest BCUT2D eigenvalue weighted by Gasteiger charge is 2.22. The molecule has 46 heavy (non-hydrogen) atoms. The first-order valence-corrected chi connectivity index (χ1v) is 15.6. The first-order chi connectivity index (χ1) is 22.8. The first-order valence-electron chi connectivity index (χ1n) is 15.6. The Balaban J connectivity index is 1.40. The van der Waals surface area contributed by atoms with E-state index in [4.69, 9.17) is 9.97 Å². The van der Waals surface area contributed by atoms with Gasteiger partial charge in [-0.05, 0) is 59.3 Å². The van der Waals surface area contributed by atoms with E-state index in [0.717, 1.165) is 38.9 Å². The molecule has 0 amide bonds. The molecule has 10 aromatic rings. The van der Waals surface area contributed by atoms with E-state index >= 15 is 0 Å². The van der Waals surface area contributed by atoms with Crippen LogP contribution in [0.3, 0.4) is 0 Å². The molecule has 0 atom stereocenters. The summed E-state index contributed by atoms with van der Waals surface area (Å²) in [6.45, 7) is 0. The maximum Gasteiger partial charge on any atom is 0.235 e. The maximum atomic E-state index is 5.34. The summed E-state index contributed by atoms with van der Waals surface area (Å²) in [4.78, 5) is 10.6. The largest absolute Gasteiger partial charge is 0.309 e. The lowest BCUT2D eigenvalue weighted by atomic mass is 10.0. The van der Waals surface area contributed by atoms with E-state index in [1.54, 1.807) is 0 Å². The smallest absolute Gasteiger partial charge is 0.235 e. The van der Waals surface area contributed by atoms with Crippen molar-refractivity contribution in [3.05, 3.63) is 158 Å². The number of aromatic nitrogens is 4. The Kier molecular flexibility index (Phi) is 5.25. The number of para-hydroxylation sites is 3. The van der Waals surface area contributed by atoms with Crippen LogP contribution >= 0.6 is 0 Å². The van der Waals surface area contributed by atoms with Crippen molar-refractivity contribution in [2.75, 3.05) is 0 Å². The van der Waals surface area contributed by atoms with Gasteiger partial charge in [0.2, 0.25) is 5.95 Å². The van der Waals surface area contributed by atoms with Crippen LogP contribution in [-0.4, -0.2) is 19.1 Å². The van der Waals surface area contributed by atoms with Crippen LogP contribution in [0.4, 0.5) is 0 Å². The molecular formula is C42H26N4. The van der Waals surface area contributed by atoms with Crippen molar-refractivity contribution in [2.45, 2.75) is 0 Å². The lowest BCUT2D eigenvalue weighted by Gasteiger charge is -2.12. The van der Waals surface area contributed by atoms with Gasteiger partial charge in [-0.15, -0.1) is 0 Å². The van der Waals surface area contributed by atoms with Gasteiger partial charge in [0.15, 0.2) is 0 Å². The van der Waals surface area contributed by atoms with Gasteiger partial charge in [-0.2, -0.15) is 0 Å². The van der Waals surface area contributed by atoms with Crippen LogP contribution in [0.15, 0.2) is 158 Å². The second-order valence-corrected chi connectivity index (χ2v) is 11.8. The van der Waals surface area contributed by atoms with E-state index in [-0.39, 0.29) is 0 Å². The Morgan fingerprint density at radius 3 is 1.80 bits per heavy atom. The summed E-state index contributed by atoms with van der Waals surface area (Å²) in [5.74, 6) is 0.666. The molecular weight excluding hydrogens is 560 g/mol. The van der Waals surface area contributed by atoms with Crippen molar-refractivity contribution in [1.82, 2.24) is 19.1 Å². The Morgan fingerprint density at radius 1 is 0.391 bits per heavy atom. The van der Waals surface area contributed by atoms with Gasteiger partial charge in [-0.1, -0.05) is 109 Å². The summed E-state index contributed by atoms with van der Waals surface area (Å²) < 4.78 is 4.65. The molecule has 0 aliphatic carbocycles. The molecule has 3 aromatic heterocycles. The van der Waals surface area contributed by atoms with E-state index in [1.807, 2.05) is 6.07 Å². The fourth-order valence-corrected chi connectivity index (χ4v) is 7.30. The zero-order valence-electron chi connectivity index (χ0n) is 24.8. The fraction of sp³-hybridized carbons (Fsp3) is 0. The number of fused-ring (bicyclic) bond motifs is 9. The summed E-state index contributed by atoms with van der Waals surface area (Å²) in [5.41, 5.74) is 8.61. The number of benzene rings is 7. The topological polar surface area (TPSA) is 35.6 Å². The highest BCUT2D eigenvalue weighted by Crippen LogP contribution is 2.43. The molecule has 0 N–H and O–H groups in total. The van der Waals surface area contributed by atoms with E-state index in [9.17, 15) is 0 Å². The zero-order valence-corrected chi connectivity index (χ0v) is 24.8. The molecule has 0 bridgehead atoms. The van der Waals surface area contributed by atoms with Crippen LogP contribution in [-0.2, 0) is 0 Å². The number of hydrogen-bond donors (Lipinski definition) is 0. The van der Waals surface area contributed by atoms with Gasteiger partial charge < -0.3 is 4.57 Å². The third kappa shape index (κ3) is 3.55. The van der Waals surface area contributed by atoms with Gasteiger partial charge in [0, 0.05) is 38.2 Å². The van der Waals surface area contributed by atoms with Gasteiger partial charge in [0.1, 0.15) is 0 Å². The van der Waals surface area contributed by atoms with Crippen LogP contribution in [0.1, 0.15) is 0 Å². The van der Waals surface area contributed by atoms with Crippen LogP contribution in [0.25, 0.3) is 88.2 Å². The summed E-state index contributed by atoms with van der Waals surface area (Å²) in [6.07, 6.45) is 0. The Bertz CT molecular complexity index is 2790. The molecule has 0 saturated heterocycles. The molecule has 4 nitrogen and oxygen atoms in total. The summed E-state index contributed by atoms with van der Waals surface area (Å²) in [7, 11) is 0. The maximum absolute atomic E-state index is 5.34. The Morgan fingerprint density at radius 2 is 1.00 bits per heavy atom. The molecule has 7 aromatic carbocycles. The SMILES string of the molecule is c1ccc(-c2nc(-n3c4cc5ccccc5cc4c4c5c6ccccc6n(-c6ccccc6)c5ccc43)nc3ccccc23)cc1. The van der Waals surface area contributed by atoms with Gasteiger partial charge in [0.05, 0.1) is 33.3 Å². The first kappa shape index (κ1) is 25.1. The second-order valence-electron chi connectivity index (χ2n) is 11.8. The molecule has 0 spiro atoms. The van der Waals surface area contributed by atoms with Gasteiger partial charge >= 0.3 is 0 Å². The average Bonchev–Trinajstić information content (AvgIpc) is 3.63. The monoisotopic (exact) mass is 586 g/mol. The highest BCUT2D eigenvalue weighted by atomic mass is 15.2. The minimum absolute atomic E-state index is 0.666. The predicted octanol–water partition coefficient (Wildman–Crippen LogP) is 10.6. The van der Waals surface area contributed by atoms with Crippen LogP contribution in [0.2, 0.25) is 0 Å². The Hall–Kier alpha value is -6.26. The second kappa shape index (κ2) is 9.62. The highest BCUT2D eigenvalue weighted by molar-refractivity contribution is 6.29. The van der Waals surface area contributed by atoms with Crippen LogP contribution in [0.5, 0.6) is 0 Å². The third-order valence-corrected chi connectivity index (χ3v) is 9.28. The van der Waals surface area contributed by atoms with Crippen molar-refractivity contribution in [3.8, 4) is 22.9 Å². The molecule has 214 valence electrons. The summed E-state index contributed by atoms with van der Waals surface area (Å²) >= 11 is 0. The lowest BCUT2D eigenvalue weighted by Crippen LogP contribution is -2.03. The molecule has 0 aliphatic heterocycles. The molecule has 0 aliphatic rings. The third-order valence-electron chi connectivity index (χ3n) is 9.28. The molecule has 0 unspecified atom stereocenters. The van der Waals surface area contributed by atoms with Crippen LogP contribution < -0.4 is 0 Å². The molecule has 0 saturated carbocycles. The minimum atomic E-state index is 0.666. The quantitative estimate of drug-likeness (QED) is 0.206. The normalized spacial score (nSPS) is 11.9. The fourth-order valence-electron chi connectivity index (χ4n) is 7.30. The van der Waals surface area contributed by atoms with E-state index in [0.29, 0.717) is 5.95 Å². The van der Waals surface area contributed by atoms with Crippen molar-refractivity contribution in [3.63, 3.8) is 0 Å². The van der Waals surface area contributed by atoms with Gasteiger partial charge in [-0.25, -0.2) is 9.97 Å². The minimum Gasteiger partial charge on any atom is -0.309 e. The molecule has 0 fully saturated rings. The zero-order chi connectivity index (χ0) is 30.2. The van der Waals surface area contributed by atoms with E-state index in [1.165, 1.54) is 43.4 Å². The van der Waals surface area contributed by atoms with Gasteiger partial charge in [-0.3, -0.25) is 4.57 Å². The van der Waals surface area contributed by atoms with Crippen molar-refractivity contribution in [1.29, 1.82) is 0 Å². The lowest BCUT2D eigenvalue weighted by molar-refractivity contribution is 1.01. The van der Waals surface area contributed by atoms with E-state index < -0.39 is 0 Å². The summed E-state index contributed by atoms with van der Waals surface area (Å²) in [6, 6.07) is 55.9. The van der Waals surface area contributed by atoms with Crippen LogP contribution in [0, 0.1) is 0 Å². The van der Waals surface area contributed by atoms with Gasteiger partial charge in [0.25, 0.3) is 0 Å².